The Labute approximate surface area is 174 Å². The van der Waals surface area contributed by atoms with E-state index in [9.17, 15) is 19.1 Å². The van der Waals surface area contributed by atoms with E-state index >= 15 is 0 Å². The number of rotatable bonds is 5. The van der Waals surface area contributed by atoms with Gasteiger partial charge < -0.3 is 10.8 Å². The van der Waals surface area contributed by atoms with Gasteiger partial charge in [0.15, 0.2) is 11.5 Å². The number of carbonyl (C=O) groups is 2. The first-order valence-electron chi connectivity index (χ1n) is 9.01. The molecule has 0 unspecified atom stereocenters. The van der Waals surface area contributed by atoms with Gasteiger partial charge in [-0.25, -0.2) is 14.2 Å². The number of carbonyl (C=O) groups excluding carboxylic acids is 1. The van der Waals surface area contributed by atoms with E-state index in [1.54, 1.807) is 28.8 Å². The maximum atomic E-state index is 14.3. The summed E-state index contributed by atoms with van der Waals surface area (Å²) in [4.78, 5) is 28.9. The lowest BCUT2D eigenvalue weighted by Crippen LogP contribution is -2.46. The normalized spacial score (nSPS) is 15.0. The molecule has 1 heterocycles. The molecule has 1 fully saturated rings. The van der Waals surface area contributed by atoms with Gasteiger partial charge in [0.25, 0.3) is 0 Å². The third-order valence-corrected chi connectivity index (χ3v) is 5.76. The Morgan fingerprint density at radius 2 is 1.90 bits per heavy atom. The van der Waals surface area contributed by atoms with E-state index in [0.29, 0.717) is 28.7 Å². The standard InChI is InChI=1S/C21H17BrFN3O3/c22-12-6-7-16(14(10-12)18(27)13-4-1-2-5-15(13)23)26-11-25-17(20(28)29)19(26)21(24)8-3-9-21/h1-2,4-7,10-11H,3,8-9,24H2,(H,28,29). The number of hydrogen-bond donors (Lipinski definition) is 2. The van der Waals surface area contributed by atoms with Crippen molar-refractivity contribution in [2.75, 3.05) is 0 Å². The van der Waals surface area contributed by atoms with E-state index in [1.807, 2.05) is 0 Å². The quantitative estimate of drug-likeness (QED) is 0.563. The molecule has 0 aliphatic heterocycles. The van der Waals surface area contributed by atoms with Crippen molar-refractivity contribution in [2.24, 2.45) is 5.73 Å². The number of carboxylic acid groups (broad SMARTS) is 1. The SMILES string of the molecule is NC1(c2c(C(=O)O)ncn2-c2ccc(Br)cc2C(=O)c2ccccc2F)CCC1. The van der Waals surface area contributed by atoms with Crippen LogP contribution in [0.4, 0.5) is 4.39 Å². The molecule has 6 nitrogen and oxygen atoms in total. The van der Waals surface area contributed by atoms with Crippen molar-refractivity contribution >= 4 is 27.7 Å². The maximum absolute atomic E-state index is 14.3. The second-order valence-electron chi connectivity index (χ2n) is 7.10. The topological polar surface area (TPSA) is 98.2 Å². The monoisotopic (exact) mass is 457 g/mol. The molecule has 8 heteroatoms. The number of aromatic nitrogens is 2. The predicted octanol–water partition coefficient (Wildman–Crippen LogP) is 4.04. The summed E-state index contributed by atoms with van der Waals surface area (Å²) >= 11 is 3.35. The number of nitrogens with two attached hydrogens (primary N) is 1. The Hall–Kier alpha value is -2.84. The molecule has 0 amide bonds. The van der Waals surface area contributed by atoms with Gasteiger partial charge in [0.2, 0.25) is 0 Å². The Morgan fingerprint density at radius 3 is 2.52 bits per heavy atom. The number of hydrogen-bond acceptors (Lipinski definition) is 4. The highest BCUT2D eigenvalue weighted by Gasteiger charge is 2.41. The number of halogens is 2. The Bertz CT molecular complexity index is 1140. The third-order valence-electron chi connectivity index (χ3n) is 5.27. The van der Waals surface area contributed by atoms with Crippen LogP contribution in [0.25, 0.3) is 5.69 Å². The lowest BCUT2D eigenvalue weighted by Gasteiger charge is -2.39. The van der Waals surface area contributed by atoms with Crippen LogP contribution < -0.4 is 5.73 Å². The minimum atomic E-state index is -1.19. The maximum Gasteiger partial charge on any atom is 0.356 e. The third kappa shape index (κ3) is 3.28. The fourth-order valence-electron chi connectivity index (χ4n) is 3.65. The van der Waals surface area contributed by atoms with E-state index in [1.165, 1.54) is 24.5 Å². The van der Waals surface area contributed by atoms with Gasteiger partial charge in [0.1, 0.15) is 12.1 Å². The molecular formula is C21H17BrFN3O3. The number of nitrogens with zero attached hydrogens (tertiary/aromatic N) is 2. The fourth-order valence-corrected chi connectivity index (χ4v) is 4.01. The van der Waals surface area contributed by atoms with Crippen molar-refractivity contribution in [1.82, 2.24) is 9.55 Å². The number of carboxylic acids is 1. The van der Waals surface area contributed by atoms with E-state index in [0.717, 1.165) is 6.42 Å². The van der Waals surface area contributed by atoms with Gasteiger partial charge >= 0.3 is 5.97 Å². The Morgan fingerprint density at radius 1 is 1.17 bits per heavy atom. The van der Waals surface area contributed by atoms with Crippen LogP contribution in [-0.4, -0.2) is 26.4 Å². The van der Waals surface area contributed by atoms with Crippen LogP contribution in [0.2, 0.25) is 0 Å². The van der Waals surface area contributed by atoms with Gasteiger partial charge in [-0.05, 0) is 49.6 Å². The van der Waals surface area contributed by atoms with E-state index in [2.05, 4.69) is 20.9 Å². The summed E-state index contributed by atoms with van der Waals surface area (Å²) in [6.07, 6.45) is 3.47. The Kier molecular flexibility index (Phi) is 4.84. The number of ketones is 1. The summed E-state index contributed by atoms with van der Waals surface area (Å²) in [7, 11) is 0. The zero-order chi connectivity index (χ0) is 20.8. The van der Waals surface area contributed by atoms with Gasteiger partial charge in [0.05, 0.1) is 22.5 Å². The molecule has 29 heavy (non-hydrogen) atoms. The first kappa shape index (κ1) is 19.5. The average Bonchev–Trinajstić information content (AvgIpc) is 3.11. The molecule has 3 aromatic rings. The minimum absolute atomic E-state index is 0.0712. The van der Waals surface area contributed by atoms with Crippen LogP contribution in [-0.2, 0) is 5.54 Å². The zero-order valence-corrected chi connectivity index (χ0v) is 16.8. The highest BCUT2D eigenvalue weighted by Crippen LogP contribution is 2.41. The molecule has 3 N–H and O–H groups in total. The molecule has 1 saturated carbocycles. The van der Waals surface area contributed by atoms with Crippen LogP contribution in [0.5, 0.6) is 0 Å². The molecule has 1 aromatic heterocycles. The molecule has 2 aromatic carbocycles. The minimum Gasteiger partial charge on any atom is -0.476 e. The summed E-state index contributed by atoms with van der Waals surface area (Å²) in [5.74, 6) is -2.33. The Balaban J connectivity index is 1.93. The summed E-state index contributed by atoms with van der Waals surface area (Å²) in [6.45, 7) is 0. The van der Waals surface area contributed by atoms with Crippen molar-refractivity contribution in [3.63, 3.8) is 0 Å². The first-order valence-corrected chi connectivity index (χ1v) is 9.80. The molecule has 0 bridgehead atoms. The van der Waals surface area contributed by atoms with E-state index < -0.39 is 23.1 Å². The summed E-state index contributed by atoms with van der Waals surface area (Å²) in [6, 6.07) is 10.7. The lowest BCUT2D eigenvalue weighted by atomic mass is 9.74. The molecule has 0 saturated heterocycles. The van der Waals surface area contributed by atoms with Gasteiger partial charge in [-0.15, -0.1) is 0 Å². The van der Waals surface area contributed by atoms with Crippen molar-refractivity contribution in [3.8, 4) is 5.69 Å². The fraction of sp³-hybridized carbons (Fsp3) is 0.190. The number of imidazole rings is 1. The molecule has 4 rings (SSSR count). The predicted molar refractivity (Wildman–Crippen MR) is 108 cm³/mol. The molecular weight excluding hydrogens is 441 g/mol. The van der Waals surface area contributed by atoms with Crippen molar-refractivity contribution in [1.29, 1.82) is 0 Å². The van der Waals surface area contributed by atoms with Crippen molar-refractivity contribution < 1.29 is 19.1 Å². The van der Waals surface area contributed by atoms with E-state index in [-0.39, 0.29) is 16.8 Å². The van der Waals surface area contributed by atoms with Crippen LogP contribution in [0.3, 0.4) is 0 Å². The van der Waals surface area contributed by atoms with Gasteiger partial charge in [-0.1, -0.05) is 28.1 Å². The summed E-state index contributed by atoms with van der Waals surface area (Å²) in [5.41, 5.74) is 6.37. The van der Waals surface area contributed by atoms with Crippen molar-refractivity contribution in [3.05, 3.63) is 81.6 Å². The number of benzene rings is 2. The second-order valence-corrected chi connectivity index (χ2v) is 8.01. The summed E-state index contributed by atoms with van der Waals surface area (Å²) < 4.78 is 16.4. The smallest absolute Gasteiger partial charge is 0.356 e. The highest BCUT2D eigenvalue weighted by atomic mass is 79.9. The molecule has 148 valence electrons. The highest BCUT2D eigenvalue weighted by molar-refractivity contribution is 9.10. The van der Waals surface area contributed by atoms with Gasteiger partial charge in [-0.3, -0.25) is 9.36 Å². The van der Waals surface area contributed by atoms with E-state index in [4.69, 9.17) is 5.73 Å². The molecule has 0 atom stereocenters. The molecule has 0 spiro atoms. The van der Waals surface area contributed by atoms with Crippen LogP contribution in [0, 0.1) is 5.82 Å². The molecule has 1 aliphatic rings. The zero-order valence-electron chi connectivity index (χ0n) is 15.2. The molecule has 0 radical (unpaired) electrons. The van der Waals surface area contributed by atoms with Crippen LogP contribution >= 0.6 is 15.9 Å². The number of aromatic carboxylic acids is 1. The molecule has 1 aliphatic carbocycles. The largest absolute Gasteiger partial charge is 0.476 e. The first-order chi connectivity index (χ1) is 13.8. The van der Waals surface area contributed by atoms with Gasteiger partial charge in [0, 0.05) is 10.0 Å². The average molecular weight is 458 g/mol. The lowest BCUT2D eigenvalue weighted by molar-refractivity contribution is 0.0684. The van der Waals surface area contributed by atoms with Crippen LogP contribution in [0.15, 0.2) is 53.3 Å². The summed E-state index contributed by atoms with van der Waals surface area (Å²) in [5, 5.41) is 9.59. The van der Waals surface area contributed by atoms with Crippen molar-refractivity contribution in [2.45, 2.75) is 24.8 Å². The van der Waals surface area contributed by atoms with Gasteiger partial charge in [-0.2, -0.15) is 0 Å². The second kappa shape index (κ2) is 7.20. The van der Waals surface area contributed by atoms with Crippen LogP contribution in [0.1, 0.15) is 51.4 Å².